The number of rotatable bonds is 10. The smallest absolute Gasteiger partial charge is 0.295 e. The second kappa shape index (κ2) is 11.2. The van der Waals surface area contributed by atoms with Crippen molar-refractivity contribution in [2.75, 3.05) is 32.8 Å². The highest BCUT2D eigenvalue weighted by molar-refractivity contribution is 6.46. The molecule has 1 fully saturated rings. The van der Waals surface area contributed by atoms with Crippen molar-refractivity contribution in [3.05, 3.63) is 64.7 Å². The summed E-state index contributed by atoms with van der Waals surface area (Å²) in [5.41, 5.74) is 2.39. The fourth-order valence-electron chi connectivity index (χ4n) is 5.10. The maximum absolute atomic E-state index is 13.3. The number of likely N-dealkylation sites (tertiary alicyclic amines) is 1. The molecule has 192 valence electrons. The maximum Gasteiger partial charge on any atom is 0.295 e. The van der Waals surface area contributed by atoms with E-state index in [0.29, 0.717) is 24.5 Å². The third-order valence-corrected chi connectivity index (χ3v) is 6.98. The highest BCUT2D eigenvalue weighted by atomic mass is 16.5. The number of aliphatic hydroxyl groups is 1. The molecular formula is C29H36N2O5. The molecule has 2 aromatic rings. The maximum atomic E-state index is 13.3. The number of aliphatic hydroxyl groups excluding tert-OH is 1. The molecule has 2 heterocycles. The summed E-state index contributed by atoms with van der Waals surface area (Å²) in [7, 11) is 0. The number of hydrogen-bond acceptors (Lipinski definition) is 6. The predicted octanol–water partition coefficient (Wildman–Crippen LogP) is 4.56. The Labute approximate surface area is 213 Å². The molecule has 36 heavy (non-hydrogen) atoms. The lowest BCUT2D eigenvalue weighted by atomic mass is 9.94. The second-order valence-corrected chi connectivity index (χ2v) is 9.33. The van der Waals surface area contributed by atoms with E-state index in [9.17, 15) is 14.7 Å². The van der Waals surface area contributed by atoms with Gasteiger partial charge in [0.05, 0.1) is 18.2 Å². The highest BCUT2D eigenvalue weighted by Gasteiger charge is 2.46. The first kappa shape index (κ1) is 25.8. The van der Waals surface area contributed by atoms with Crippen LogP contribution in [0.25, 0.3) is 5.76 Å². The molecule has 0 unspecified atom stereocenters. The number of benzene rings is 2. The summed E-state index contributed by atoms with van der Waals surface area (Å²) >= 11 is 0. The van der Waals surface area contributed by atoms with Gasteiger partial charge < -0.3 is 24.4 Å². The minimum atomic E-state index is -0.666. The van der Waals surface area contributed by atoms with E-state index in [2.05, 4.69) is 18.7 Å². The molecule has 7 nitrogen and oxygen atoms in total. The number of hydrogen-bond donors (Lipinski definition) is 1. The quantitative estimate of drug-likeness (QED) is 0.298. The first-order valence-electron chi connectivity index (χ1n) is 12.9. The van der Waals surface area contributed by atoms with E-state index in [1.165, 1.54) is 0 Å². The number of nitrogens with zero attached hydrogens (tertiary/aromatic N) is 2. The molecule has 4 rings (SSSR count). The molecule has 1 saturated heterocycles. The third-order valence-electron chi connectivity index (χ3n) is 6.98. The molecule has 7 heteroatoms. The second-order valence-electron chi connectivity index (χ2n) is 9.33. The number of carbonyl (C=O) groups excluding carboxylic acids is 2. The fourth-order valence-corrected chi connectivity index (χ4v) is 5.10. The van der Waals surface area contributed by atoms with Crippen molar-refractivity contribution >= 4 is 17.4 Å². The van der Waals surface area contributed by atoms with Gasteiger partial charge in [-0.1, -0.05) is 26.0 Å². The fraction of sp³-hybridized carbons (Fsp3) is 0.448. The SMILES string of the molecule is CCOc1ccc([C@@H]2/C(=C(\O)c3ccc4c(c3)C[C@@H](C)O4)C(=O)C(=O)N2CCCN(CC)CC)cc1. The van der Waals surface area contributed by atoms with Crippen molar-refractivity contribution in [2.45, 2.75) is 52.7 Å². The van der Waals surface area contributed by atoms with Crippen LogP contribution in [-0.4, -0.2) is 65.5 Å². The molecule has 2 aliphatic heterocycles. The van der Waals surface area contributed by atoms with Gasteiger partial charge in [0, 0.05) is 18.5 Å². The van der Waals surface area contributed by atoms with E-state index in [1.807, 2.05) is 50.2 Å². The Hall–Kier alpha value is -3.32. The van der Waals surface area contributed by atoms with Crippen LogP contribution in [0.3, 0.4) is 0 Å². The summed E-state index contributed by atoms with van der Waals surface area (Å²) in [5, 5.41) is 11.4. The minimum Gasteiger partial charge on any atom is -0.507 e. The lowest BCUT2D eigenvalue weighted by Crippen LogP contribution is -2.33. The molecule has 2 aromatic carbocycles. The molecule has 0 aromatic heterocycles. The molecule has 1 amide bonds. The molecule has 0 aliphatic carbocycles. The van der Waals surface area contributed by atoms with Crippen LogP contribution in [0.15, 0.2) is 48.0 Å². The van der Waals surface area contributed by atoms with Crippen LogP contribution in [0.4, 0.5) is 0 Å². The molecular weight excluding hydrogens is 456 g/mol. The van der Waals surface area contributed by atoms with E-state index < -0.39 is 17.7 Å². The van der Waals surface area contributed by atoms with Crippen LogP contribution in [0.1, 0.15) is 56.8 Å². The summed E-state index contributed by atoms with van der Waals surface area (Å²) in [6.45, 7) is 11.8. The van der Waals surface area contributed by atoms with E-state index >= 15 is 0 Å². The van der Waals surface area contributed by atoms with Crippen molar-refractivity contribution in [1.82, 2.24) is 9.80 Å². The summed E-state index contributed by atoms with van der Waals surface area (Å²) in [6.07, 6.45) is 1.53. The van der Waals surface area contributed by atoms with Gasteiger partial charge in [-0.25, -0.2) is 0 Å². The lowest BCUT2D eigenvalue weighted by Gasteiger charge is -2.27. The minimum absolute atomic E-state index is 0.0673. The van der Waals surface area contributed by atoms with Crippen LogP contribution in [0.5, 0.6) is 11.5 Å². The van der Waals surface area contributed by atoms with Crippen molar-refractivity contribution in [3.63, 3.8) is 0 Å². The number of ether oxygens (including phenoxy) is 2. The van der Waals surface area contributed by atoms with Gasteiger partial charge in [-0.05, 0) is 81.4 Å². The first-order valence-corrected chi connectivity index (χ1v) is 12.9. The summed E-state index contributed by atoms with van der Waals surface area (Å²) in [6, 6.07) is 12.2. The van der Waals surface area contributed by atoms with E-state index in [1.54, 1.807) is 11.0 Å². The topological polar surface area (TPSA) is 79.3 Å². The van der Waals surface area contributed by atoms with Crippen molar-refractivity contribution in [2.24, 2.45) is 0 Å². The van der Waals surface area contributed by atoms with E-state index in [0.717, 1.165) is 49.4 Å². The van der Waals surface area contributed by atoms with E-state index in [4.69, 9.17) is 9.47 Å². The van der Waals surface area contributed by atoms with Crippen molar-refractivity contribution < 1.29 is 24.2 Å². The zero-order valence-corrected chi connectivity index (χ0v) is 21.6. The van der Waals surface area contributed by atoms with Gasteiger partial charge in [-0.2, -0.15) is 0 Å². The largest absolute Gasteiger partial charge is 0.507 e. The first-order chi connectivity index (χ1) is 17.4. The molecule has 1 N–H and O–H groups in total. The van der Waals surface area contributed by atoms with Crippen molar-refractivity contribution in [1.29, 1.82) is 0 Å². The van der Waals surface area contributed by atoms with Crippen LogP contribution in [-0.2, 0) is 16.0 Å². The standard InChI is InChI=1S/C29H36N2O5/c1-5-30(6-2)15-8-16-31-26(20-9-12-23(13-10-20)35-7-3)25(28(33)29(31)34)27(32)21-11-14-24-22(18-21)17-19(4)36-24/h9-14,18-19,26,32H,5-8,15-17H2,1-4H3/b27-25+/t19-,26-/m1/s1. The molecule has 0 saturated carbocycles. The number of carbonyl (C=O) groups is 2. The molecule has 2 aliphatic rings. The van der Waals surface area contributed by atoms with Crippen LogP contribution >= 0.6 is 0 Å². The summed E-state index contributed by atoms with van der Waals surface area (Å²) < 4.78 is 11.4. The molecule has 2 atom stereocenters. The number of amides is 1. The van der Waals surface area contributed by atoms with Crippen LogP contribution in [0.2, 0.25) is 0 Å². The Bertz CT molecular complexity index is 1140. The summed E-state index contributed by atoms with van der Waals surface area (Å²) in [4.78, 5) is 30.4. The Morgan fingerprint density at radius 3 is 2.50 bits per heavy atom. The predicted molar refractivity (Wildman–Crippen MR) is 139 cm³/mol. The van der Waals surface area contributed by atoms with Gasteiger partial charge in [0.25, 0.3) is 11.7 Å². The van der Waals surface area contributed by atoms with Crippen molar-refractivity contribution in [3.8, 4) is 11.5 Å². The lowest BCUT2D eigenvalue weighted by molar-refractivity contribution is -0.140. The van der Waals surface area contributed by atoms with Gasteiger partial charge in [0.15, 0.2) is 0 Å². The average molecular weight is 493 g/mol. The highest BCUT2D eigenvalue weighted by Crippen LogP contribution is 2.41. The molecule has 0 bridgehead atoms. The van der Waals surface area contributed by atoms with Gasteiger partial charge in [-0.3, -0.25) is 9.59 Å². The van der Waals surface area contributed by atoms with Crippen LogP contribution < -0.4 is 9.47 Å². The third kappa shape index (κ3) is 5.12. The van der Waals surface area contributed by atoms with Gasteiger partial charge >= 0.3 is 0 Å². The molecule has 0 spiro atoms. The zero-order chi connectivity index (χ0) is 25.8. The number of Topliss-reactive ketones (excluding diaryl/α,β-unsaturated/α-hetero) is 1. The Balaban J connectivity index is 1.72. The van der Waals surface area contributed by atoms with Gasteiger partial charge in [0.1, 0.15) is 23.4 Å². The monoisotopic (exact) mass is 492 g/mol. The molecule has 0 radical (unpaired) electrons. The zero-order valence-electron chi connectivity index (χ0n) is 21.6. The Kier molecular flexibility index (Phi) is 7.99. The van der Waals surface area contributed by atoms with Crippen LogP contribution in [0, 0.1) is 0 Å². The average Bonchev–Trinajstić information content (AvgIpc) is 3.37. The summed E-state index contributed by atoms with van der Waals surface area (Å²) in [5.74, 6) is 0.125. The van der Waals surface area contributed by atoms with Gasteiger partial charge in [-0.15, -0.1) is 0 Å². The van der Waals surface area contributed by atoms with E-state index in [-0.39, 0.29) is 17.4 Å². The normalized spacial score (nSPS) is 20.6. The number of fused-ring (bicyclic) bond motifs is 1. The Morgan fingerprint density at radius 1 is 1.11 bits per heavy atom. The Morgan fingerprint density at radius 2 is 1.83 bits per heavy atom. The number of ketones is 1. The van der Waals surface area contributed by atoms with Gasteiger partial charge in [0.2, 0.25) is 0 Å².